The number of halogens is 2. The Hall–Kier alpha value is -1.72. The van der Waals surface area contributed by atoms with E-state index < -0.39 is 0 Å². The molecule has 0 radical (unpaired) electrons. The van der Waals surface area contributed by atoms with Crippen LogP contribution in [-0.2, 0) is 4.79 Å². The molecular formula is C18H19BrClNO3. The zero-order valence-electron chi connectivity index (χ0n) is 13.4. The van der Waals surface area contributed by atoms with Crippen LogP contribution >= 0.6 is 27.5 Å². The molecule has 0 atom stereocenters. The van der Waals surface area contributed by atoms with Crippen molar-refractivity contribution in [3.05, 3.63) is 52.0 Å². The summed E-state index contributed by atoms with van der Waals surface area (Å²) < 4.78 is 11.8. The molecule has 4 nitrogen and oxygen atoms in total. The normalized spacial score (nSPS) is 10.3. The molecule has 6 heteroatoms. The molecule has 0 aliphatic rings. The summed E-state index contributed by atoms with van der Waals surface area (Å²) in [5.74, 6) is 1.12. The van der Waals surface area contributed by atoms with E-state index in [0.29, 0.717) is 27.5 Å². The maximum absolute atomic E-state index is 12.0. The quantitative estimate of drug-likeness (QED) is 0.599. The van der Waals surface area contributed by atoms with Crippen molar-refractivity contribution in [2.75, 3.05) is 18.5 Å². The predicted octanol–water partition coefficient (Wildman–Crippen LogP) is 5.30. The van der Waals surface area contributed by atoms with Crippen molar-refractivity contribution in [3.8, 4) is 11.5 Å². The van der Waals surface area contributed by atoms with E-state index in [-0.39, 0.29) is 12.5 Å². The highest BCUT2D eigenvalue weighted by molar-refractivity contribution is 9.10. The molecular weight excluding hydrogens is 394 g/mol. The summed E-state index contributed by atoms with van der Waals surface area (Å²) in [5, 5.41) is 3.37. The zero-order chi connectivity index (χ0) is 17.4. The molecule has 0 saturated carbocycles. The number of anilines is 1. The van der Waals surface area contributed by atoms with Gasteiger partial charge < -0.3 is 14.8 Å². The molecule has 0 saturated heterocycles. The zero-order valence-corrected chi connectivity index (χ0v) is 15.7. The van der Waals surface area contributed by atoms with E-state index in [1.54, 1.807) is 30.3 Å². The van der Waals surface area contributed by atoms with Gasteiger partial charge in [-0.3, -0.25) is 4.79 Å². The van der Waals surface area contributed by atoms with Crippen molar-refractivity contribution in [1.29, 1.82) is 0 Å². The number of rotatable bonds is 8. The molecule has 0 aromatic heterocycles. The van der Waals surface area contributed by atoms with Gasteiger partial charge in [0.1, 0.15) is 11.5 Å². The smallest absolute Gasteiger partial charge is 0.262 e. The highest BCUT2D eigenvalue weighted by Crippen LogP contribution is 2.27. The van der Waals surface area contributed by atoms with E-state index in [4.69, 9.17) is 21.1 Å². The lowest BCUT2D eigenvalue weighted by Gasteiger charge is -2.10. The number of carbonyl (C=O) groups excluding carboxylic acids is 1. The Morgan fingerprint density at radius 2 is 1.92 bits per heavy atom. The Labute approximate surface area is 155 Å². The summed E-state index contributed by atoms with van der Waals surface area (Å²) in [6.45, 7) is 2.73. The summed E-state index contributed by atoms with van der Waals surface area (Å²) in [4.78, 5) is 12.0. The SMILES string of the molecule is CCCCOc1ccc(NC(=O)COc2ccc(Cl)cc2Br)cc1. The van der Waals surface area contributed by atoms with Crippen LogP contribution in [0.3, 0.4) is 0 Å². The van der Waals surface area contributed by atoms with Crippen molar-refractivity contribution >= 4 is 39.1 Å². The Morgan fingerprint density at radius 1 is 1.17 bits per heavy atom. The van der Waals surface area contributed by atoms with Crippen molar-refractivity contribution in [3.63, 3.8) is 0 Å². The monoisotopic (exact) mass is 411 g/mol. The highest BCUT2D eigenvalue weighted by Gasteiger charge is 2.07. The molecule has 2 rings (SSSR count). The van der Waals surface area contributed by atoms with Gasteiger partial charge in [-0.05, 0) is 64.8 Å². The first-order valence-electron chi connectivity index (χ1n) is 7.69. The van der Waals surface area contributed by atoms with Crippen molar-refractivity contribution in [1.82, 2.24) is 0 Å². The number of unbranched alkanes of at least 4 members (excludes halogenated alkanes) is 1. The molecule has 0 bridgehead atoms. The van der Waals surface area contributed by atoms with Gasteiger partial charge in [0.2, 0.25) is 0 Å². The lowest BCUT2D eigenvalue weighted by atomic mass is 10.3. The first-order valence-corrected chi connectivity index (χ1v) is 8.86. The number of nitrogens with one attached hydrogen (secondary N) is 1. The third-order valence-corrected chi connectivity index (χ3v) is 4.01. The number of amides is 1. The van der Waals surface area contributed by atoms with Gasteiger partial charge in [-0.15, -0.1) is 0 Å². The van der Waals surface area contributed by atoms with Crippen LogP contribution < -0.4 is 14.8 Å². The fourth-order valence-corrected chi connectivity index (χ4v) is 2.70. The Kier molecular flexibility index (Phi) is 7.40. The van der Waals surface area contributed by atoms with Crippen LogP contribution in [-0.4, -0.2) is 19.1 Å². The number of benzene rings is 2. The summed E-state index contributed by atoms with van der Waals surface area (Å²) in [6.07, 6.45) is 2.12. The lowest BCUT2D eigenvalue weighted by Crippen LogP contribution is -2.20. The average molecular weight is 413 g/mol. The van der Waals surface area contributed by atoms with Crippen LogP contribution in [0.25, 0.3) is 0 Å². The second-order valence-electron chi connectivity index (χ2n) is 5.14. The Bertz CT molecular complexity index is 676. The van der Waals surface area contributed by atoms with Gasteiger partial charge in [0.25, 0.3) is 5.91 Å². The fraction of sp³-hybridized carbons (Fsp3) is 0.278. The van der Waals surface area contributed by atoms with Crippen LogP contribution in [0, 0.1) is 0 Å². The second-order valence-corrected chi connectivity index (χ2v) is 6.43. The van der Waals surface area contributed by atoms with Crippen LogP contribution in [0.2, 0.25) is 5.02 Å². The number of hydrogen-bond donors (Lipinski definition) is 1. The van der Waals surface area contributed by atoms with Crippen molar-refractivity contribution in [2.24, 2.45) is 0 Å². The topological polar surface area (TPSA) is 47.6 Å². The molecule has 1 amide bonds. The van der Waals surface area contributed by atoms with Crippen LogP contribution in [0.4, 0.5) is 5.69 Å². The Morgan fingerprint density at radius 3 is 2.58 bits per heavy atom. The van der Waals surface area contributed by atoms with Gasteiger partial charge in [-0.2, -0.15) is 0 Å². The van der Waals surface area contributed by atoms with E-state index in [0.717, 1.165) is 18.6 Å². The second kappa shape index (κ2) is 9.55. The van der Waals surface area contributed by atoms with Crippen LogP contribution in [0.5, 0.6) is 11.5 Å². The maximum Gasteiger partial charge on any atom is 0.262 e. The van der Waals surface area contributed by atoms with E-state index in [9.17, 15) is 4.79 Å². The molecule has 1 N–H and O–H groups in total. The van der Waals surface area contributed by atoms with Gasteiger partial charge in [-0.25, -0.2) is 0 Å². The fourth-order valence-electron chi connectivity index (χ4n) is 1.90. The largest absolute Gasteiger partial charge is 0.494 e. The van der Waals surface area contributed by atoms with E-state index in [1.807, 2.05) is 12.1 Å². The minimum atomic E-state index is -0.239. The molecule has 2 aromatic carbocycles. The van der Waals surface area contributed by atoms with Gasteiger partial charge in [0.05, 0.1) is 11.1 Å². The molecule has 0 aliphatic heterocycles. The number of carbonyl (C=O) groups is 1. The third kappa shape index (κ3) is 6.06. The van der Waals surface area contributed by atoms with Gasteiger partial charge >= 0.3 is 0 Å². The number of hydrogen-bond acceptors (Lipinski definition) is 3. The third-order valence-electron chi connectivity index (χ3n) is 3.16. The minimum absolute atomic E-state index is 0.0883. The van der Waals surface area contributed by atoms with E-state index >= 15 is 0 Å². The predicted molar refractivity (Wildman–Crippen MR) is 100 cm³/mol. The van der Waals surface area contributed by atoms with Gasteiger partial charge in [-0.1, -0.05) is 24.9 Å². The number of ether oxygens (including phenoxy) is 2. The molecule has 0 unspecified atom stereocenters. The summed E-state index contributed by atoms with van der Waals surface area (Å²) in [5.41, 5.74) is 0.696. The molecule has 2 aromatic rings. The van der Waals surface area contributed by atoms with Crippen LogP contribution in [0.1, 0.15) is 19.8 Å². The van der Waals surface area contributed by atoms with Gasteiger partial charge in [0.15, 0.2) is 6.61 Å². The van der Waals surface area contributed by atoms with Crippen LogP contribution in [0.15, 0.2) is 46.9 Å². The maximum atomic E-state index is 12.0. The molecule has 24 heavy (non-hydrogen) atoms. The van der Waals surface area contributed by atoms with Crippen molar-refractivity contribution in [2.45, 2.75) is 19.8 Å². The molecule has 0 aliphatic carbocycles. The summed E-state index contributed by atoms with van der Waals surface area (Å²) in [6, 6.07) is 12.4. The lowest BCUT2D eigenvalue weighted by molar-refractivity contribution is -0.118. The first-order chi connectivity index (χ1) is 11.6. The van der Waals surface area contributed by atoms with Crippen molar-refractivity contribution < 1.29 is 14.3 Å². The van der Waals surface area contributed by atoms with E-state index in [1.165, 1.54) is 0 Å². The first kappa shape index (κ1) is 18.6. The average Bonchev–Trinajstić information content (AvgIpc) is 2.56. The molecule has 0 spiro atoms. The minimum Gasteiger partial charge on any atom is -0.494 e. The summed E-state index contributed by atoms with van der Waals surface area (Å²) >= 11 is 9.21. The highest BCUT2D eigenvalue weighted by atomic mass is 79.9. The molecule has 0 heterocycles. The summed E-state index contributed by atoms with van der Waals surface area (Å²) in [7, 11) is 0. The molecule has 128 valence electrons. The van der Waals surface area contributed by atoms with E-state index in [2.05, 4.69) is 28.2 Å². The molecule has 0 fully saturated rings. The van der Waals surface area contributed by atoms with Gasteiger partial charge in [0, 0.05) is 10.7 Å². The standard InChI is InChI=1S/C18H19BrClNO3/c1-2-3-10-23-15-7-5-14(6-8-15)21-18(22)12-24-17-9-4-13(20)11-16(17)19/h4-9,11H,2-3,10,12H2,1H3,(H,21,22). The Balaban J connectivity index is 1.81.